The molecule has 0 saturated carbocycles. The molecule has 9 heteroatoms. The number of non-ortho nitro benzene ring substituents is 1. The van der Waals surface area contributed by atoms with E-state index in [9.17, 15) is 19.7 Å². The molecule has 1 atom stereocenters. The molecule has 1 rings (SSSR count). The van der Waals surface area contributed by atoms with E-state index in [0.717, 1.165) is 18.2 Å². The molecular weight excluding hydrogens is 292 g/mol. The SMILES string of the molecule is COCC(NC(=O)c1ccc([N+](=O)[O-])cc1Cl)C(=O)O. The molecule has 0 bridgehead atoms. The number of carbonyl (C=O) groups excluding carboxylic acids is 1. The molecule has 8 nitrogen and oxygen atoms in total. The van der Waals surface area contributed by atoms with Gasteiger partial charge in [0.05, 0.1) is 22.1 Å². The van der Waals surface area contributed by atoms with E-state index in [1.165, 1.54) is 7.11 Å². The van der Waals surface area contributed by atoms with Crippen molar-refractivity contribution in [1.29, 1.82) is 0 Å². The van der Waals surface area contributed by atoms with Crippen molar-refractivity contribution in [2.75, 3.05) is 13.7 Å². The van der Waals surface area contributed by atoms with Gasteiger partial charge < -0.3 is 15.2 Å². The second-order valence-corrected chi connectivity index (χ2v) is 4.15. The third-order valence-corrected chi connectivity index (χ3v) is 2.66. The fourth-order valence-electron chi connectivity index (χ4n) is 1.38. The number of carboxylic acid groups (broad SMARTS) is 1. The third-order valence-electron chi connectivity index (χ3n) is 2.34. The molecule has 1 aromatic carbocycles. The Morgan fingerprint density at radius 1 is 1.55 bits per heavy atom. The lowest BCUT2D eigenvalue weighted by Crippen LogP contribution is -2.43. The molecule has 0 aliphatic heterocycles. The standard InChI is InChI=1S/C11H11ClN2O6/c1-20-5-9(11(16)17)13-10(15)7-3-2-6(14(18)19)4-8(7)12/h2-4,9H,5H2,1H3,(H,13,15)(H,16,17). The van der Waals surface area contributed by atoms with Gasteiger partial charge in [0.2, 0.25) is 0 Å². The van der Waals surface area contributed by atoms with E-state index in [1.807, 2.05) is 0 Å². The van der Waals surface area contributed by atoms with Crippen LogP contribution in [0.4, 0.5) is 5.69 Å². The number of nitro benzene ring substituents is 1. The van der Waals surface area contributed by atoms with Gasteiger partial charge in [-0.1, -0.05) is 11.6 Å². The molecule has 20 heavy (non-hydrogen) atoms. The van der Waals surface area contributed by atoms with E-state index in [4.69, 9.17) is 16.7 Å². The lowest BCUT2D eigenvalue weighted by molar-refractivity contribution is -0.384. The zero-order valence-electron chi connectivity index (χ0n) is 10.3. The summed E-state index contributed by atoms with van der Waals surface area (Å²) in [5.41, 5.74) is -0.321. The monoisotopic (exact) mass is 302 g/mol. The van der Waals surface area contributed by atoms with Crippen molar-refractivity contribution in [1.82, 2.24) is 5.32 Å². The predicted molar refractivity (Wildman–Crippen MR) is 68.9 cm³/mol. The second-order valence-electron chi connectivity index (χ2n) is 3.74. The largest absolute Gasteiger partial charge is 0.480 e. The van der Waals surface area contributed by atoms with Crippen LogP contribution >= 0.6 is 11.6 Å². The normalized spacial score (nSPS) is 11.7. The number of methoxy groups -OCH3 is 1. The fourth-order valence-corrected chi connectivity index (χ4v) is 1.64. The number of nitro groups is 1. The number of carboxylic acids is 1. The molecule has 0 radical (unpaired) electrons. The number of ether oxygens (including phenoxy) is 1. The van der Waals surface area contributed by atoms with Crippen LogP contribution in [0.15, 0.2) is 18.2 Å². The molecule has 2 N–H and O–H groups in total. The van der Waals surface area contributed by atoms with Crippen LogP contribution < -0.4 is 5.32 Å². The lowest BCUT2D eigenvalue weighted by atomic mass is 10.1. The minimum absolute atomic E-state index is 0.0559. The molecule has 0 fully saturated rings. The third kappa shape index (κ3) is 3.90. The highest BCUT2D eigenvalue weighted by Gasteiger charge is 2.22. The Balaban J connectivity index is 2.92. The Morgan fingerprint density at radius 2 is 2.20 bits per heavy atom. The first kappa shape index (κ1) is 15.9. The van der Waals surface area contributed by atoms with Gasteiger partial charge >= 0.3 is 5.97 Å². The Hall–Kier alpha value is -2.19. The second kappa shape index (κ2) is 6.83. The van der Waals surface area contributed by atoms with Crippen LogP contribution in [0.3, 0.4) is 0 Å². The highest BCUT2D eigenvalue weighted by Crippen LogP contribution is 2.22. The number of nitrogens with one attached hydrogen (secondary N) is 1. The van der Waals surface area contributed by atoms with Gasteiger partial charge in [-0.05, 0) is 6.07 Å². The molecule has 0 spiro atoms. The molecule has 0 aromatic heterocycles. The summed E-state index contributed by atoms with van der Waals surface area (Å²) in [5.74, 6) is -2.02. The number of amides is 1. The molecule has 0 aliphatic carbocycles. The number of halogens is 1. The minimum atomic E-state index is -1.27. The number of hydrogen-bond donors (Lipinski definition) is 2. The highest BCUT2D eigenvalue weighted by molar-refractivity contribution is 6.34. The van der Waals surface area contributed by atoms with E-state index in [-0.39, 0.29) is 22.9 Å². The average molecular weight is 303 g/mol. The first-order valence-electron chi connectivity index (χ1n) is 5.33. The number of carbonyl (C=O) groups is 2. The number of hydrogen-bond acceptors (Lipinski definition) is 5. The average Bonchev–Trinajstić information content (AvgIpc) is 2.37. The maximum absolute atomic E-state index is 11.9. The zero-order valence-corrected chi connectivity index (χ0v) is 11.1. The number of benzene rings is 1. The quantitative estimate of drug-likeness (QED) is 0.599. The Kier molecular flexibility index (Phi) is 5.42. The predicted octanol–water partition coefficient (Wildman–Crippen LogP) is 1.08. The summed E-state index contributed by atoms with van der Waals surface area (Å²) in [4.78, 5) is 32.6. The summed E-state index contributed by atoms with van der Waals surface area (Å²) in [6.07, 6.45) is 0. The van der Waals surface area contributed by atoms with E-state index in [2.05, 4.69) is 10.1 Å². The van der Waals surface area contributed by atoms with Crippen LogP contribution in [0, 0.1) is 10.1 Å². The number of nitrogens with zero attached hydrogens (tertiary/aromatic N) is 1. The van der Waals surface area contributed by atoms with Gasteiger partial charge in [0, 0.05) is 19.2 Å². The van der Waals surface area contributed by atoms with Gasteiger partial charge in [0.25, 0.3) is 11.6 Å². The van der Waals surface area contributed by atoms with Crippen LogP contribution in [0.5, 0.6) is 0 Å². The molecule has 0 heterocycles. The molecule has 1 aromatic rings. The van der Waals surface area contributed by atoms with Gasteiger partial charge in [-0.2, -0.15) is 0 Å². The van der Waals surface area contributed by atoms with Gasteiger partial charge in [0.1, 0.15) is 0 Å². The Labute approximate surface area is 118 Å². The fraction of sp³-hybridized carbons (Fsp3) is 0.273. The Morgan fingerprint density at radius 3 is 2.65 bits per heavy atom. The lowest BCUT2D eigenvalue weighted by Gasteiger charge is -2.13. The van der Waals surface area contributed by atoms with Crippen molar-refractivity contribution in [3.05, 3.63) is 38.9 Å². The maximum atomic E-state index is 11.9. The van der Waals surface area contributed by atoms with E-state index in [1.54, 1.807) is 0 Å². The van der Waals surface area contributed by atoms with E-state index < -0.39 is 22.8 Å². The first-order chi connectivity index (χ1) is 9.36. The van der Waals surface area contributed by atoms with Crippen molar-refractivity contribution in [3.8, 4) is 0 Å². The van der Waals surface area contributed by atoms with Gasteiger partial charge in [-0.15, -0.1) is 0 Å². The van der Waals surface area contributed by atoms with Gasteiger partial charge in [0.15, 0.2) is 6.04 Å². The van der Waals surface area contributed by atoms with E-state index in [0.29, 0.717) is 0 Å². The van der Waals surface area contributed by atoms with E-state index >= 15 is 0 Å². The summed E-state index contributed by atoms with van der Waals surface area (Å²) >= 11 is 5.76. The zero-order chi connectivity index (χ0) is 15.3. The number of aliphatic carboxylic acids is 1. The van der Waals surface area contributed by atoms with Crippen LogP contribution in [-0.2, 0) is 9.53 Å². The summed E-state index contributed by atoms with van der Waals surface area (Å²) in [7, 11) is 1.29. The van der Waals surface area contributed by atoms with Gasteiger partial charge in [-0.25, -0.2) is 4.79 Å². The molecule has 108 valence electrons. The summed E-state index contributed by atoms with van der Waals surface area (Å²) in [5, 5.41) is 21.5. The minimum Gasteiger partial charge on any atom is -0.480 e. The smallest absolute Gasteiger partial charge is 0.328 e. The van der Waals surface area contributed by atoms with Crippen molar-refractivity contribution in [3.63, 3.8) is 0 Å². The summed E-state index contributed by atoms with van der Waals surface area (Å²) < 4.78 is 4.66. The van der Waals surface area contributed by atoms with Crippen molar-refractivity contribution < 1.29 is 24.4 Å². The van der Waals surface area contributed by atoms with Crippen molar-refractivity contribution >= 4 is 29.2 Å². The topological polar surface area (TPSA) is 119 Å². The Bertz CT molecular complexity index is 548. The maximum Gasteiger partial charge on any atom is 0.328 e. The molecule has 1 unspecified atom stereocenters. The first-order valence-corrected chi connectivity index (χ1v) is 5.71. The van der Waals surface area contributed by atoms with Crippen molar-refractivity contribution in [2.45, 2.75) is 6.04 Å². The molecule has 0 aliphatic rings. The molecule has 0 saturated heterocycles. The van der Waals surface area contributed by atoms with Crippen LogP contribution in [-0.4, -0.2) is 41.7 Å². The van der Waals surface area contributed by atoms with Crippen molar-refractivity contribution in [2.24, 2.45) is 0 Å². The van der Waals surface area contributed by atoms with Crippen LogP contribution in [0.1, 0.15) is 10.4 Å². The number of rotatable bonds is 6. The summed E-state index contributed by atoms with van der Waals surface area (Å²) in [6.45, 7) is -0.217. The molecule has 1 amide bonds. The van der Waals surface area contributed by atoms with Crippen LogP contribution in [0.25, 0.3) is 0 Å². The van der Waals surface area contributed by atoms with Crippen LogP contribution in [0.2, 0.25) is 5.02 Å². The summed E-state index contributed by atoms with van der Waals surface area (Å²) in [6, 6.07) is 2.04. The highest BCUT2D eigenvalue weighted by atomic mass is 35.5. The van der Waals surface area contributed by atoms with Gasteiger partial charge in [-0.3, -0.25) is 14.9 Å². The molecular formula is C11H11ClN2O6.